The molecule has 0 aliphatic rings. The Morgan fingerprint density at radius 3 is 3.00 bits per heavy atom. The summed E-state index contributed by atoms with van der Waals surface area (Å²) in [6.07, 6.45) is 2.50. The molecular weight excluding hydrogens is 136 g/mol. The average Bonchev–Trinajstić information content (AvgIpc) is 2.06. The highest BCUT2D eigenvalue weighted by molar-refractivity contribution is 5.05. The molecule has 1 aromatic rings. The third-order valence-electron chi connectivity index (χ3n) is 1.46. The van der Waals surface area contributed by atoms with Crippen molar-refractivity contribution in [3.63, 3.8) is 0 Å². The highest BCUT2D eigenvalue weighted by atomic mass is 14.7. The van der Waals surface area contributed by atoms with Crippen molar-refractivity contribution in [2.45, 2.75) is 13.3 Å². The van der Waals surface area contributed by atoms with Gasteiger partial charge in [-0.25, -0.2) is 0 Å². The molecule has 1 heterocycles. The fraction of sp³-hybridized carbons (Fsp3) is 0.333. The van der Waals surface area contributed by atoms with Crippen LogP contribution in [0.15, 0.2) is 24.4 Å². The number of hydrogen-bond donors (Lipinski definition) is 0. The Morgan fingerprint density at radius 1 is 1.64 bits per heavy atom. The number of hydrogen-bond acceptors (Lipinski definition) is 2. The number of nitriles is 1. The number of pyridine rings is 1. The molecule has 0 aliphatic carbocycles. The van der Waals surface area contributed by atoms with Crippen LogP contribution in [0.1, 0.15) is 12.6 Å². The van der Waals surface area contributed by atoms with Gasteiger partial charge in [0.15, 0.2) is 0 Å². The van der Waals surface area contributed by atoms with Crippen LogP contribution < -0.4 is 0 Å². The second-order valence-corrected chi connectivity index (χ2v) is 2.56. The van der Waals surface area contributed by atoms with Gasteiger partial charge in [0.1, 0.15) is 0 Å². The first-order valence-electron chi connectivity index (χ1n) is 3.62. The summed E-state index contributed by atoms with van der Waals surface area (Å²) in [6.45, 7) is 1.90. The van der Waals surface area contributed by atoms with Crippen molar-refractivity contribution < 1.29 is 0 Å². The van der Waals surface area contributed by atoms with Crippen molar-refractivity contribution in [3.8, 4) is 6.07 Å². The summed E-state index contributed by atoms with van der Waals surface area (Å²) < 4.78 is 0. The van der Waals surface area contributed by atoms with E-state index in [4.69, 9.17) is 5.26 Å². The van der Waals surface area contributed by atoms with E-state index in [0.717, 1.165) is 12.1 Å². The van der Waals surface area contributed by atoms with E-state index in [9.17, 15) is 0 Å². The van der Waals surface area contributed by atoms with Crippen molar-refractivity contribution in [1.82, 2.24) is 4.98 Å². The van der Waals surface area contributed by atoms with Gasteiger partial charge in [-0.2, -0.15) is 5.26 Å². The molecule has 1 unspecified atom stereocenters. The largest absolute Gasteiger partial charge is 0.261 e. The molecule has 0 saturated carbocycles. The van der Waals surface area contributed by atoms with Crippen LogP contribution in [0.25, 0.3) is 0 Å². The quantitative estimate of drug-likeness (QED) is 0.637. The molecule has 2 heteroatoms. The summed E-state index contributed by atoms with van der Waals surface area (Å²) in [5.41, 5.74) is 0.988. The van der Waals surface area contributed by atoms with Crippen molar-refractivity contribution in [1.29, 1.82) is 5.26 Å². The van der Waals surface area contributed by atoms with Crippen LogP contribution in [0.4, 0.5) is 0 Å². The van der Waals surface area contributed by atoms with Crippen LogP contribution in [0.5, 0.6) is 0 Å². The van der Waals surface area contributed by atoms with E-state index in [0.29, 0.717) is 0 Å². The molecule has 0 fully saturated rings. The first-order valence-corrected chi connectivity index (χ1v) is 3.62. The maximum atomic E-state index is 8.52. The molecule has 0 N–H and O–H groups in total. The van der Waals surface area contributed by atoms with E-state index in [1.807, 2.05) is 25.1 Å². The maximum absolute atomic E-state index is 8.52. The van der Waals surface area contributed by atoms with Crippen LogP contribution in [0.2, 0.25) is 0 Å². The van der Waals surface area contributed by atoms with Crippen molar-refractivity contribution in [2.24, 2.45) is 5.92 Å². The van der Waals surface area contributed by atoms with Crippen molar-refractivity contribution >= 4 is 0 Å². The lowest BCUT2D eigenvalue weighted by Gasteiger charge is -1.99. The summed E-state index contributed by atoms with van der Waals surface area (Å²) in [5.74, 6) is 0.0601. The minimum atomic E-state index is 0.0601. The van der Waals surface area contributed by atoms with Gasteiger partial charge < -0.3 is 0 Å². The summed E-state index contributed by atoms with van der Waals surface area (Å²) in [5, 5.41) is 8.52. The Balaban J connectivity index is 2.60. The van der Waals surface area contributed by atoms with E-state index in [1.165, 1.54) is 0 Å². The zero-order valence-corrected chi connectivity index (χ0v) is 6.49. The smallest absolute Gasteiger partial charge is 0.0656 e. The molecule has 0 amide bonds. The molecule has 0 bridgehead atoms. The lowest BCUT2D eigenvalue weighted by Crippen LogP contribution is -1.97. The Kier molecular flexibility index (Phi) is 2.62. The van der Waals surface area contributed by atoms with Crippen molar-refractivity contribution in [2.75, 3.05) is 0 Å². The van der Waals surface area contributed by atoms with Crippen LogP contribution in [-0.2, 0) is 6.42 Å². The van der Waals surface area contributed by atoms with Gasteiger partial charge in [-0.1, -0.05) is 6.07 Å². The third kappa shape index (κ3) is 2.38. The van der Waals surface area contributed by atoms with Gasteiger partial charge in [0.25, 0.3) is 0 Å². The summed E-state index contributed by atoms with van der Waals surface area (Å²) in [4.78, 5) is 4.12. The second-order valence-electron chi connectivity index (χ2n) is 2.56. The van der Waals surface area contributed by atoms with Crippen LogP contribution >= 0.6 is 0 Å². The Morgan fingerprint density at radius 2 is 2.45 bits per heavy atom. The van der Waals surface area contributed by atoms with Crippen LogP contribution in [-0.4, -0.2) is 4.98 Å². The average molecular weight is 146 g/mol. The molecule has 0 radical (unpaired) electrons. The van der Waals surface area contributed by atoms with Crippen molar-refractivity contribution in [3.05, 3.63) is 30.1 Å². The standard InChI is InChI=1S/C9H10N2/c1-8(7-10)6-9-4-2-3-5-11-9/h2-5,8H,6H2,1H3. The van der Waals surface area contributed by atoms with Gasteiger partial charge in [-0.3, -0.25) is 4.98 Å². The van der Waals surface area contributed by atoms with Gasteiger partial charge >= 0.3 is 0 Å². The first-order chi connectivity index (χ1) is 5.33. The highest BCUT2D eigenvalue weighted by Gasteiger charge is 2.00. The van der Waals surface area contributed by atoms with E-state index in [2.05, 4.69) is 11.1 Å². The van der Waals surface area contributed by atoms with Gasteiger partial charge in [-0.15, -0.1) is 0 Å². The molecule has 0 aromatic carbocycles. The zero-order chi connectivity index (χ0) is 8.10. The number of aromatic nitrogens is 1. The summed E-state index contributed by atoms with van der Waals surface area (Å²) in [6, 6.07) is 7.92. The zero-order valence-electron chi connectivity index (χ0n) is 6.49. The molecule has 0 saturated heterocycles. The SMILES string of the molecule is CC(C#N)Cc1ccccn1. The van der Waals surface area contributed by atoms with E-state index < -0.39 is 0 Å². The lowest BCUT2D eigenvalue weighted by molar-refractivity contribution is 0.721. The molecule has 2 nitrogen and oxygen atoms in total. The molecule has 56 valence electrons. The van der Waals surface area contributed by atoms with Gasteiger partial charge in [0.2, 0.25) is 0 Å². The summed E-state index contributed by atoms with van der Waals surface area (Å²) >= 11 is 0. The predicted molar refractivity (Wildman–Crippen MR) is 42.7 cm³/mol. The van der Waals surface area contributed by atoms with Gasteiger partial charge in [-0.05, 0) is 19.1 Å². The molecule has 1 rings (SSSR count). The molecule has 0 aliphatic heterocycles. The van der Waals surface area contributed by atoms with Gasteiger partial charge in [0, 0.05) is 24.2 Å². The van der Waals surface area contributed by atoms with Gasteiger partial charge in [0.05, 0.1) is 6.07 Å². The fourth-order valence-corrected chi connectivity index (χ4v) is 0.878. The van der Waals surface area contributed by atoms with E-state index >= 15 is 0 Å². The Hall–Kier alpha value is -1.36. The fourth-order valence-electron chi connectivity index (χ4n) is 0.878. The van der Waals surface area contributed by atoms with Crippen LogP contribution in [0, 0.1) is 17.2 Å². The minimum Gasteiger partial charge on any atom is -0.261 e. The lowest BCUT2D eigenvalue weighted by atomic mass is 10.1. The third-order valence-corrected chi connectivity index (χ3v) is 1.46. The molecule has 0 spiro atoms. The highest BCUT2D eigenvalue weighted by Crippen LogP contribution is 2.03. The Bertz CT molecular complexity index is 248. The first kappa shape index (κ1) is 7.74. The molecule has 1 atom stereocenters. The normalized spacial score (nSPS) is 12.0. The maximum Gasteiger partial charge on any atom is 0.0656 e. The monoisotopic (exact) mass is 146 g/mol. The number of nitrogens with zero attached hydrogens (tertiary/aromatic N) is 2. The number of rotatable bonds is 2. The summed E-state index contributed by atoms with van der Waals surface area (Å²) in [7, 11) is 0. The second kappa shape index (κ2) is 3.72. The topological polar surface area (TPSA) is 36.7 Å². The molecule has 1 aromatic heterocycles. The molecule has 11 heavy (non-hydrogen) atoms. The Labute approximate surface area is 66.5 Å². The van der Waals surface area contributed by atoms with E-state index in [-0.39, 0.29) is 5.92 Å². The molecular formula is C9H10N2. The predicted octanol–water partition coefficient (Wildman–Crippen LogP) is 1.78. The minimum absolute atomic E-state index is 0.0601. The van der Waals surface area contributed by atoms with E-state index in [1.54, 1.807) is 6.20 Å². The van der Waals surface area contributed by atoms with Crippen LogP contribution in [0.3, 0.4) is 0 Å².